The minimum Gasteiger partial charge on any atom is -0.396 e. The lowest BCUT2D eigenvalue weighted by molar-refractivity contribution is 0.137. The Balaban J connectivity index is 1.71. The fourth-order valence-corrected chi connectivity index (χ4v) is 4.71. The summed E-state index contributed by atoms with van der Waals surface area (Å²) < 4.78 is 0. The van der Waals surface area contributed by atoms with Crippen LogP contribution in [0.15, 0.2) is 23.8 Å². The van der Waals surface area contributed by atoms with Crippen molar-refractivity contribution in [3.05, 3.63) is 23.8 Å². The van der Waals surface area contributed by atoms with E-state index in [0.29, 0.717) is 18.3 Å². The SMILES string of the molecule is CC#CC[C@@H](C)[C@H](O)C=C[C@@H]1[C@H]2CC(CCCCCNCCCO)=C[C@H]2C[C@H]1O. The minimum atomic E-state index is -0.498. The fourth-order valence-electron chi connectivity index (χ4n) is 4.71. The Morgan fingerprint density at radius 1 is 1.24 bits per heavy atom. The number of aliphatic hydroxyl groups excluding tert-OH is 3. The summed E-state index contributed by atoms with van der Waals surface area (Å²) in [6.07, 6.45) is 13.9. The monoisotopic (exact) mass is 403 g/mol. The molecule has 164 valence electrons. The van der Waals surface area contributed by atoms with Gasteiger partial charge in [-0.1, -0.05) is 37.1 Å². The molecular formula is C25H41NO3. The van der Waals surface area contributed by atoms with Gasteiger partial charge < -0.3 is 20.6 Å². The highest BCUT2D eigenvalue weighted by atomic mass is 16.3. The van der Waals surface area contributed by atoms with Crippen molar-refractivity contribution in [1.29, 1.82) is 0 Å². The fraction of sp³-hybridized carbons (Fsp3) is 0.760. The van der Waals surface area contributed by atoms with Crippen molar-refractivity contribution >= 4 is 0 Å². The van der Waals surface area contributed by atoms with Gasteiger partial charge in [-0.15, -0.1) is 11.8 Å². The maximum absolute atomic E-state index is 10.5. The summed E-state index contributed by atoms with van der Waals surface area (Å²) in [6.45, 7) is 6.05. The van der Waals surface area contributed by atoms with E-state index < -0.39 is 6.10 Å². The molecule has 0 aromatic carbocycles. The van der Waals surface area contributed by atoms with E-state index in [9.17, 15) is 10.2 Å². The molecule has 4 N–H and O–H groups in total. The van der Waals surface area contributed by atoms with Gasteiger partial charge in [0.2, 0.25) is 0 Å². The molecule has 0 aromatic heterocycles. The van der Waals surface area contributed by atoms with Gasteiger partial charge in [-0.3, -0.25) is 0 Å². The Bertz CT molecular complexity index is 589. The van der Waals surface area contributed by atoms with Gasteiger partial charge >= 0.3 is 0 Å². The van der Waals surface area contributed by atoms with Crippen LogP contribution >= 0.6 is 0 Å². The first-order valence-electron chi connectivity index (χ1n) is 11.5. The predicted octanol–water partition coefficient (Wildman–Crippen LogP) is 3.43. The quantitative estimate of drug-likeness (QED) is 0.216. The highest BCUT2D eigenvalue weighted by molar-refractivity contribution is 5.21. The number of nitrogens with one attached hydrogen (secondary N) is 1. The van der Waals surface area contributed by atoms with Crippen LogP contribution in [0.3, 0.4) is 0 Å². The summed E-state index contributed by atoms with van der Waals surface area (Å²) in [5.41, 5.74) is 1.56. The predicted molar refractivity (Wildman–Crippen MR) is 119 cm³/mol. The van der Waals surface area contributed by atoms with Crippen LogP contribution in [0.5, 0.6) is 0 Å². The smallest absolute Gasteiger partial charge is 0.0755 e. The largest absolute Gasteiger partial charge is 0.396 e. The molecule has 0 aliphatic heterocycles. The molecule has 0 bridgehead atoms. The average Bonchev–Trinajstić information content (AvgIpc) is 3.22. The Labute approximate surface area is 177 Å². The molecule has 29 heavy (non-hydrogen) atoms. The zero-order valence-corrected chi connectivity index (χ0v) is 18.3. The number of aliphatic hydroxyl groups is 3. The summed E-state index contributed by atoms with van der Waals surface area (Å²) in [4.78, 5) is 0. The lowest BCUT2D eigenvalue weighted by atomic mass is 9.88. The number of fused-ring (bicyclic) bond motifs is 1. The molecule has 0 heterocycles. The van der Waals surface area contributed by atoms with Gasteiger partial charge in [-0.25, -0.2) is 0 Å². The van der Waals surface area contributed by atoms with E-state index >= 15 is 0 Å². The van der Waals surface area contributed by atoms with E-state index in [1.54, 1.807) is 5.57 Å². The summed E-state index contributed by atoms with van der Waals surface area (Å²) in [5.74, 6) is 7.18. The van der Waals surface area contributed by atoms with Crippen LogP contribution in [0.25, 0.3) is 0 Å². The van der Waals surface area contributed by atoms with Crippen LogP contribution in [-0.2, 0) is 0 Å². The minimum absolute atomic E-state index is 0.114. The third kappa shape index (κ3) is 7.90. The van der Waals surface area contributed by atoms with Gasteiger partial charge in [-0.05, 0) is 76.3 Å². The van der Waals surface area contributed by atoms with Crippen LogP contribution in [-0.4, -0.2) is 47.2 Å². The normalized spacial score (nSPS) is 28.1. The number of rotatable bonds is 13. The molecule has 4 heteroatoms. The Hall–Kier alpha value is -1.12. The zero-order valence-electron chi connectivity index (χ0n) is 18.3. The second-order valence-electron chi connectivity index (χ2n) is 8.86. The first kappa shape index (κ1) is 24.2. The van der Waals surface area contributed by atoms with Gasteiger partial charge in [0.25, 0.3) is 0 Å². The lowest BCUT2D eigenvalue weighted by Crippen LogP contribution is -2.19. The molecule has 0 unspecified atom stereocenters. The maximum atomic E-state index is 10.5. The van der Waals surface area contributed by atoms with Crippen LogP contribution in [0, 0.1) is 35.5 Å². The number of hydrogen-bond donors (Lipinski definition) is 4. The van der Waals surface area contributed by atoms with Gasteiger partial charge in [0.1, 0.15) is 0 Å². The van der Waals surface area contributed by atoms with Crippen molar-refractivity contribution in [2.45, 2.75) is 77.4 Å². The zero-order chi connectivity index (χ0) is 21.1. The summed E-state index contributed by atoms with van der Waals surface area (Å²) in [6, 6.07) is 0. The Morgan fingerprint density at radius 3 is 2.79 bits per heavy atom. The Morgan fingerprint density at radius 2 is 2.03 bits per heavy atom. The standard InChI is InChI=1S/C25H41NO3/c1-3-4-9-19(2)24(28)12-11-22-23-17-20(16-21(23)18-25(22)29)10-6-5-7-13-26-14-8-15-27/h11-12,16,19,21-29H,5-10,13-15,17-18H2,1-2H3/t19-,21+,22-,23+,24-,25-/m1/s1. The summed E-state index contributed by atoms with van der Waals surface area (Å²) in [7, 11) is 0. The molecule has 1 fully saturated rings. The van der Waals surface area contributed by atoms with Crippen LogP contribution < -0.4 is 5.32 Å². The third-order valence-corrected chi connectivity index (χ3v) is 6.53. The van der Waals surface area contributed by atoms with Crippen LogP contribution in [0.2, 0.25) is 0 Å². The average molecular weight is 404 g/mol. The van der Waals surface area contributed by atoms with Gasteiger partial charge in [0.15, 0.2) is 0 Å². The van der Waals surface area contributed by atoms with E-state index in [-0.39, 0.29) is 24.5 Å². The molecule has 4 nitrogen and oxygen atoms in total. The second kappa shape index (κ2) is 13.2. The summed E-state index contributed by atoms with van der Waals surface area (Å²) >= 11 is 0. The topological polar surface area (TPSA) is 72.7 Å². The van der Waals surface area contributed by atoms with Crippen LogP contribution in [0.1, 0.15) is 65.2 Å². The first-order valence-corrected chi connectivity index (χ1v) is 11.5. The van der Waals surface area contributed by atoms with E-state index in [0.717, 1.165) is 32.4 Å². The molecule has 0 aromatic rings. The second-order valence-corrected chi connectivity index (χ2v) is 8.86. The van der Waals surface area contributed by atoms with Gasteiger partial charge in [0.05, 0.1) is 12.2 Å². The van der Waals surface area contributed by atoms with Crippen LogP contribution in [0.4, 0.5) is 0 Å². The molecule has 2 aliphatic carbocycles. The first-order chi connectivity index (χ1) is 14.1. The number of allylic oxidation sites excluding steroid dienone is 2. The molecule has 0 saturated heterocycles. The van der Waals surface area contributed by atoms with Gasteiger partial charge in [-0.2, -0.15) is 0 Å². The van der Waals surface area contributed by atoms with Crippen molar-refractivity contribution in [3.8, 4) is 11.8 Å². The molecule has 6 atom stereocenters. The van der Waals surface area contributed by atoms with E-state index in [4.69, 9.17) is 5.11 Å². The highest BCUT2D eigenvalue weighted by Crippen LogP contribution is 2.48. The molecule has 1 saturated carbocycles. The molecule has 0 amide bonds. The molecular weight excluding hydrogens is 362 g/mol. The Kier molecular flexibility index (Phi) is 11.0. The summed E-state index contributed by atoms with van der Waals surface area (Å²) in [5, 5.41) is 33.0. The van der Waals surface area contributed by atoms with Gasteiger partial charge in [0, 0.05) is 18.9 Å². The van der Waals surface area contributed by atoms with E-state index in [1.165, 1.54) is 25.7 Å². The van der Waals surface area contributed by atoms with Crippen molar-refractivity contribution in [2.75, 3.05) is 19.7 Å². The molecule has 2 aliphatic rings. The maximum Gasteiger partial charge on any atom is 0.0755 e. The van der Waals surface area contributed by atoms with Crippen molar-refractivity contribution < 1.29 is 15.3 Å². The lowest BCUT2D eigenvalue weighted by Gasteiger charge is -2.20. The molecule has 0 radical (unpaired) electrons. The van der Waals surface area contributed by atoms with E-state index in [1.807, 2.05) is 19.9 Å². The number of unbranched alkanes of at least 4 members (excludes halogenated alkanes) is 2. The van der Waals surface area contributed by atoms with Crippen molar-refractivity contribution in [3.63, 3.8) is 0 Å². The third-order valence-electron chi connectivity index (χ3n) is 6.53. The molecule has 2 rings (SSSR count). The van der Waals surface area contributed by atoms with E-state index in [2.05, 4.69) is 29.3 Å². The highest BCUT2D eigenvalue weighted by Gasteiger charge is 2.43. The van der Waals surface area contributed by atoms with Crippen molar-refractivity contribution in [1.82, 2.24) is 5.32 Å². The van der Waals surface area contributed by atoms with Crippen molar-refractivity contribution in [2.24, 2.45) is 23.7 Å². The molecule has 0 spiro atoms. The number of hydrogen-bond acceptors (Lipinski definition) is 4.